The number of nitrogens with two attached hydrogens (primary N) is 1. The Balaban J connectivity index is 2.82. The van der Waals surface area contributed by atoms with E-state index in [2.05, 4.69) is 25.3 Å². The molecule has 0 heterocycles. The van der Waals surface area contributed by atoms with E-state index in [0.717, 1.165) is 15.7 Å². The van der Waals surface area contributed by atoms with Crippen molar-refractivity contribution in [2.75, 3.05) is 11.5 Å². The second-order valence-electron chi connectivity index (χ2n) is 3.48. The zero-order valence-electron chi connectivity index (χ0n) is 11.0. The summed E-state index contributed by atoms with van der Waals surface area (Å²) in [5.41, 5.74) is 5.04. The van der Waals surface area contributed by atoms with E-state index >= 15 is 0 Å². The molecule has 0 aliphatic carbocycles. The standard InChI is InChI=1S/C11H12AsNO5S4/c13-11(16)22-21-8-3-1-7(2-4-8)12(17-9(14)5-19)18-10(15)6-20/h1-4,19-20H,5-6H2,(H2,13,16). The van der Waals surface area contributed by atoms with Crippen molar-refractivity contribution >= 4 is 83.7 Å². The first-order valence-corrected chi connectivity index (χ1v) is 11.5. The minimum atomic E-state index is -2.79. The van der Waals surface area contributed by atoms with Crippen LogP contribution in [0.4, 0.5) is 4.79 Å². The molecule has 1 aromatic carbocycles. The summed E-state index contributed by atoms with van der Waals surface area (Å²) in [6, 6.07) is 6.81. The molecule has 120 valence electrons. The summed E-state index contributed by atoms with van der Waals surface area (Å²) in [6.07, 6.45) is 0. The van der Waals surface area contributed by atoms with E-state index in [1.165, 1.54) is 10.8 Å². The van der Waals surface area contributed by atoms with Gasteiger partial charge in [-0.1, -0.05) is 0 Å². The van der Waals surface area contributed by atoms with Crippen LogP contribution in [0.25, 0.3) is 0 Å². The van der Waals surface area contributed by atoms with Crippen LogP contribution in [0.15, 0.2) is 29.2 Å². The second kappa shape index (κ2) is 10.4. The molecule has 1 amide bonds. The molecule has 0 aromatic heterocycles. The van der Waals surface area contributed by atoms with Gasteiger partial charge in [-0.25, -0.2) is 0 Å². The van der Waals surface area contributed by atoms with Crippen LogP contribution in [0.5, 0.6) is 0 Å². The van der Waals surface area contributed by atoms with Crippen molar-refractivity contribution in [3.8, 4) is 0 Å². The molecule has 0 spiro atoms. The third kappa shape index (κ3) is 7.23. The normalized spacial score (nSPS) is 10.3. The first-order chi connectivity index (χ1) is 10.5. The maximum atomic E-state index is 11.4. The fourth-order valence-corrected chi connectivity index (χ4v) is 5.34. The molecule has 0 radical (unpaired) electrons. The van der Waals surface area contributed by atoms with Crippen molar-refractivity contribution in [3.05, 3.63) is 24.3 Å². The van der Waals surface area contributed by atoms with E-state index in [-0.39, 0.29) is 11.5 Å². The predicted molar refractivity (Wildman–Crippen MR) is 94.8 cm³/mol. The van der Waals surface area contributed by atoms with Gasteiger partial charge < -0.3 is 0 Å². The Morgan fingerprint density at radius 3 is 1.95 bits per heavy atom. The van der Waals surface area contributed by atoms with Gasteiger partial charge in [0.15, 0.2) is 0 Å². The molecule has 0 bridgehead atoms. The maximum absolute atomic E-state index is 11.4. The van der Waals surface area contributed by atoms with Gasteiger partial charge in [-0.2, -0.15) is 0 Å². The van der Waals surface area contributed by atoms with Crippen LogP contribution in [0.3, 0.4) is 0 Å². The molecule has 2 N–H and O–H groups in total. The summed E-state index contributed by atoms with van der Waals surface area (Å²) in [6.45, 7) is 0. The van der Waals surface area contributed by atoms with Gasteiger partial charge in [0.1, 0.15) is 0 Å². The Bertz CT molecular complexity index is 524. The van der Waals surface area contributed by atoms with E-state index in [9.17, 15) is 14.4 Å². The van der Waals surface area contributed by atoms with E-state index in [0.29, 0.717) is 4.35 Å². The minimum absolute atomic E-state index is 0.104. The van der Waals surface area contributed by atoms with E-state index in [1.807, 2.05) is 0 Å². The Hall–Kier alpha value is -0.412. The van der Waals surface area contributed by atoms with Crippen LogP contribution >= 0.6 is 46.8 Å². The molecule has 0 saturated carbocycles. The third-order valence-corrected chi connectivity index (χ3v) is 7.50. The molecule has 11 heteroatoms. The Morgan fingerprint density at radius 2 is 1.55 bits per heavy atom. The first kappa shape index (κ1) is 19.6. The molecule has 0 atom stereocenters. The van der Waals surface area contributed by atoms with Crippen LogP contribution in [-0.2, 0) is 17.0 Å². The number of carbonyl (C=O) groups excluding carboxylic acids is 3. The van der Waals surface area contributed by atoms with Gasteiger partial charge in [-0.05, 0) is 0 Å². The molecule has 22 heavy (non-hydrogen) atoms. The molecule has 1 rings (SSSR count). The summed E-state index contributed by atoms with van der Waals surface area (Å²) in [5.74, 6) is -1.32. The Labute approximate surface area is 151 Å². The summed E-state index contributed by atoms with van der Waals surface area (Å²) in [5, 5.41) is -0.493. The zero-order valence-corrected chi connectivity index (χ0v) is 16.3. The monoisotopic (exact) mass is 441 g/mol. The van der Waals surface area contributed by atoms with E-state index in [4.69, 9.17) is 13.2 Å². The number of hydrogen-bond acceptors (Lipinski definition) is 9. The van der Waals surface area contributed by atoms with Crippen LogP contribution in [0, 0.1) is 0 Å². The van der Waals surface area contributed by atoms with Crippen molar-refractivity contribution < 1.29 is 21.8 Å². The molecular formula is C11H12AsNO5S4. The van der Waals surface area contributed by atoms with Crippen LogP contribution < -0.4 is 10.1 Å². The van der Waals surface area contributed by atoms with Gasteiger partial charge in [-0.3, -0.25) is 0 Å². The number of rotatable bonds is 7. The van der Waals surface area contributed by atoms with Crippen LogP contribution in [0.2, 0.25) is 0 Å². The van der Waals surface area contributed by atoms with Gasteiger partial charge in [0.25, 0.3) is 0 Å². The average molecular weight is 441 g/mol. The number of carbonyl (C=O) groups is 3. The molecule has 0 saturated heterocycles. The van der Waals surface area contributed by atoms with Gasteiger partial charge in [-0.15, -0.1) is 0 Å². The topological polar surface area (TPSA) is 95.7 Å². The van der Waals surface area contributed by atoms with Gasteiger partial charge in [0, 0.05) is 0 Å². The molecule has 0 fully saturated rings. The SMILES string of the molecule is NC(=O)SSc1ccc([As](OC(=O)CS)OC(=O)CS)cc1. The van der Waals surface area contributed by atoms with E-state index < -0.39 is 32.5 Å². The average Bonchev–Trinajstić information content (AvgIpc) is 2.52. The molecule has 0 unspecified atom stereocenters. The van der Waals surface area contributed by atoms with Gasteiger partial charge >= 0.3 is 152 Å². The van der Waals surface area contributed by atoms with Crippen LogP contribution in [0.1, 0.15) is 0 Å². The third-order valence-electron chi connectivity index (χ3n) is 1.90. The van der Waals surface area contributed by atoms with Gasteiger partial charge in [0.05, 0.1) is 0 Å². The molecule has 0 aliphatic rings. The Kier molecular flexibility index (Phi) is 9.26. The quantitative estimate of drug-likeness (QED) is 0.332. The second-order valence-corrected chi connectivity index (χ2v) is 9.25. The van der Waals surface area contributed by atoms with Crippen molar-refractivity contribution in [1.29, 1.82) is 0 Å². The van der Waals surface area contributed by atoms with Crippen molar-refractivity contribution in [2.24, 2.45) is 5.73 Å². The number of hydrogen-bond donors (Lipinski definition) is 3. The van der Waals surface area contributed by atoms with Crippen LogP contribution in [-0.4, -0.2) is 44.0 Å². The number of benzene rings is 1. The Morgan fingerprint density at radius 1 is 1.05 bits per heavy atom. The number of primary amides is 1. The zero-order chi connectivity index (χ0) is 16.5. The predicted octanol–water partition coefficient (Wildman–Crippen LogP) is 1.15. The first-order valence-electron chi connectivity index (χ1n) is 5.63. The fraction of sp³-hybridized carbons (Fsp3) is 0.182. The summed E-state index contributed by atoms with van der Waals surface area (Å²) in [4.78, 5) is 34.2. The van der Waals surface area contributed by atoms with Gasteiger partial charge in [0.2, 0.25) is 0 Å². The van der Waals surface area contributed by atoms with Crippen molar-refractivity contribution in [3.63, 3.8) is 0 Å². The fourth-order valence-electron chi connectivity index (χ4n) is 1.08. The van der Waals surface area contributed by atoms with Crippen molar-refractivity contribution in [1.82, 2.24) is 0 Å². The van der Waals surface area contributed by atoms with Crippen molar-refractivity contribution in [2.45, 2.75) is 4.90 Å². The number of thiol groups is 2. The summed E-state index contributed by atoms with van der Waals surface area (Å²) >= 11 is 4.86. The molecule has 0 aliphatic heterocycles. The molecule has 1 aromatic rings. The number of amides is 1. The summed E-state index contributed by atoms with van der Waals surface area (Å²) in [7, 11) is 2.11. The van der Waals surface area contributed by atoms with E-state index in [1.54, 1.807) is 24.3 Å². The molecular weight excluding hydrogens is 429 g/mol. The molecule has 6 nitrogen and oxygen atoms in total. The summed E-state index contributed by atoms with van der Waals surface area (Å²) < 4.78 is 10.9.